The maximum atomic E-state index is 4.26. The van der Waals surface area contributed by atoms with Gasteiger partial charge in [-0.3, -0.25) is 4.68 Å². The van der Waals surface area contributed by atoms with Crippen molar-refractivity contribution in [1.82, 2.24) is 15.1 Å². The van der Waals surface area contributed by atoms with E-state index in [1.807, 2.05) is 17.9 Å². The van der Waals surface area contributed by atoms with Crippen molar-refractivity contribution < 1.29 is 0 Å². The molecule has 1 unspecified atom stereocenters. The number of hydrogen-bond acceptors (Lipinski definition) is 2. The third-order valence-electron chi connectivity index (χ3n) is 3.11. The van der Waals surface area contributed by atoms with Crippen LogP contribution in [0.4, 0.5) is 0 Å². The van der Waals surface area contributed by atoms with E-state index < -0.39 is 0 Å². The van der Waals surface area contributed by atoms with Crippen LogP contribution in [0, 0.1) is 6.92 Å². The molecule has 0 saturated carbocycles. The number of halogens is 1. The lowest BCUT2D eigenvalue weighted by Crippen LogP contribution is -2.25. The minimum Gasteiger partial charge on any atom is -0.305 e. The van der Waals surface area contributed by atoms with Crippen LogP contribution >= 0.6 is 15.9 Å². The summed E-state index contributed by atoms with van der Waals surface area (Å²) in [7, 11) is 1.98. The number of rotatable bonds is 4. The predicted octanol–water partition coefficient (Wildman–Crippen LogP) is 3.19. The van der Waals surface area contributed by atoms with Crippen LogP contribution in [0.5, 0.6) is 0 Å². The molecule has 0 aliphatic carbocycles. The van der Waals surface area contributed by atoms with Crippen LogP contribution in [-0.2, 0) is 7.05 Å². The summed E-state index contributed by atoms with van der Waals surface area (Å²) in [6, 6.07) is 8.66. The predicted molar refractivity (Wildman–Crippen MR) is 77.6 cm³/mol. The maximum absolute atomic E-state index is 4.26. The van der Waals surface area contributed by atoms with Crippen LogP contribution in [0.1, 0.15) is 29.8 Å². The molecule has 18 heavy (non-hydrogen) atoms. The van der Waals surface area contributed by atoms with E-state index in [4.69, 9.17) is 0 Å². The number of hydrogen-bond donors (Lipinski definition) is 1. The molecule has 0 amide bonds. The molecule has 96 valence electrons. The zero-order chi connectivity index (χ0) is 13.1. The van der Waals surface area contributed by atoms with Gasteiger partial charge in [0.25, 0.3) is 0 Å². The Balaban J connectivity index is 2.45. The van der Waals surface area contributed by atoms with Crippen LogP contribution < -0.4 is 5.32 Å². The second-order valence-corrected chi connectivity index (χ2v) is 5.29. The first-order valence-electron chi connectivity index (χ1n) is 6.10. The fourth-order valence-corrected chi connectivity index (χ4v) is 2.68. The Morgan fingerprint density at radius 1 is 1.39 bits per heavy atom. The summed E-state index contributed by atoms with van der Waals surface area (Å²) in [5, 5.41) is 7.79. The van der Waals surface area contributed by atoms with Crippen molar-refractivity contribution in [3.8, 4) is 0 Å². The van der Waals surface area contributed by atoms with E-state index in [1.54, 1.807) is 0 Å². The van der Waals surface area contributed by atoms with Gasteiger partial charge in [-0.1, -0.05) is 28.9 Å². The van der Waals surface area contributed by atoms with E-state index >= 15 is 0 Å². The summed E-state index contributed by atoms with van der Waals surface area (Å²) >= 11 is 3.51. The van der Waals surface area contributed by atoms with Crippen LogP contribution in [0.2, 0.25) is 0 Å². The Labute approximate surface area is 116 Å². The standard InChI is InChI=1S/C14H18BrN3/c1-4-16-14(13-7-8-17-18(13)3)12-6-5-11(15)9-10(12)2/h5-9,14,16H,4H2,1-3H3. The second kappa shape index (κ2) is 5.67. The van der Waals surface area contributed by atoms with Gasteiger partial charge >= 0.3 is 0 Å². The zero-order valence-electron chi connectivity index (χ0n) is 10.9. The van der Waals surface area contributed by atoms with E-state index in [9.17, 15) is 0 Å². The number of aryl methyl sites for hydroxylation is 2. The van der Waals surface area contributed by atoms with Crippen molar-refractivity contribution in [1.29, 1.82) is 0 Å². The van der Waals surface area contributed by atoms with Gasteiger partial charge in [0, 0.05) is 17.7 Å². The first-order valence-corrected chi connectivity index (χ1v) is 6.90. The SMILES string of the molecule is CCNC(c1ccc(Br)cc1C)c1ccnn1C. The molecule has 0 fully saturated rings. The van der Waals surface area contributed by atoms with Gasteiger partial charge in [-0.2, -0.15) is 5.10 Å². The molecular weight excluding hydrogens is 290 g/mol. The fraction of sp³-hybridized carbons (Fsp3) is 0.357. The summed E-state index contributed by atoms with van der Waals surface area (Å²) < 4.78 is 3.04. The molecule has 3 nitrogen and oxygen atoms in total. The quantitative estimate of drug-likeness (QED) is 0.940. The van der Waals surface area contributed by atoms with E-state index in [-0.39, 0.29) is 6.04 Å². The largest absolute Gasteiger partial charge is 0.305 e. The Bertz CT molecular complexity index is 534. The van der Waals surface area contributed by atoms with E-state index in [0.717, 1.165) is 11.0 Å². The lowest BCUT2D eigenvalue weighted by Gasteiger charge is -2.21. The van der Waals surface area contributed by atoms with E-state index in [0.29, 0.717) is 0 Å². The number of benzene rings is 1. The highest BCUT2D eigenvalue weighted by Gasteiger charge is 2.17. The van der Waals surface area contributed by atoms with E-state index in [2.05, 4.69) is 64.5 Å². The lowest BCUT2D eigenvalue weighted by molar-refractivity contribution is 0.570. The van der Waals surface area contributed by atoms with Crippen molar-refractivity contribution in [3.63, 3.8) is 0 Å². The highest BCUT2D eigenvalue weighted by molar-refractivity contribution is 9.10. The molecule has 2 aromatic rings. The van der Waals surface area contributed by atoms with Gasteiger partial charge in [0.2, 0.25) is 0 Å². The summed E-state index contributed by atoms with van der Waals surface area (Å²) in [5.74, 6) is 0. The molecule has 0 bridgehead atoms. The molecule has 1 aromatic carbocycles. The van der Waals surface area contributed by atoms with Crippen LogP contribution in [-0.4, -0.2) is 16.3 Å². The summed E-state index contributed by atoms with van der Waals surface area (Å²) in [6.45, 7) is 5.18. The fourth-order valence-electron chi connectivity index (χ4n) is 2.21. The molecule has 1 N–H and O–H groups in total. The van der Waals surface area contributed by atoms with Gasteiger partial charge < -0.3 is 5.32 Å². The van der Waals surface area contributed by atoms with Gasteiger partial charge in [0.1, 0.15) is 0 Å². The van der Waals surface area contributed by atoms with Gasteiger partial charge in [0.15, 0.2) is 0 Å². The molecule has 1 atom stereocenters. The van der Waals surface area contributed by atoms with E-state index in [1.165, 1.54) is 16.8 Å². The number of nitrogens with one attached hydrogen (secondary N) is 1. The van der Waals surface area contributed by atoms with Crippen LogP contribution in [0.3, 0.4) is 0 Å². The van der Waals surface area contributed by atoms with Crippen molar-refractivity contribution in [2.24, 2.45) is 7.05 Å². The maximum Gasteiger partial charge on any atom is 0.0750 e. The Morgan fingerprint density at radius 3 is 2.72 bits per heavy atom. The highest BCUT2D eigenvalue weighted by atomic mass is 79.9. The first-order chi connectivity index (χ1) is 8.63. The normalized spacial score (nSPS) is 12.7. The van der Waals surface area contributed by atoms with Crippen LogP contribution in [0.25, 0.3) is 0 Å². The molecule has 0 radical (unpaired) electrons. The van der Waals surface area contributed by atoms with Gasteiger partial charge in [-0.05, 0) is 42.8 Å². The van der Waals surface area contributed by atoms with Crippen molar-refractivity contribution in [2.75, 3.05) is 6.54 Å². The molecule has 0 aliphatic heterocycles. The second-order valence-electron chi connectivity index (χ2n) is 4.37. The average Bonchev–Trinajstić information content (AvgIpc) is 2.73. The third kappa shape index (κ3) is 2.65. The molecule has 0 spiro atoms. The number of aromatic nitrogens is 2. The summed E-state index contributed by atoms with van der Waals surface area (Å²) in [5.41, 5.74) is 3.75. The van der Waals surface area contributed by atoms with Gasteiger partial charge in [-0.15, -0.1) is 0 Å². The zero-order valence-corrected chi connectivity index (χ0v) is 12.5. The average molecular weight is 308 g/mol. The smallest absolute Gasteiger partial charge is 0.0750 e. The first kappa shape index (κ1) is 13.3. The summed E-state index contributed by atoms with van der Waals surface area (Å²) in [6.07, 6.45) is 1.84. The molecular formula is C14H18BrN3. The molecule has 4 heteroatoms. The van der Waals surface area contributed by atoms with Crippen LogP contribution in [0.15, 0.2) is 34.9 Å². The minimum atomic E-state index is 0.190. The molecule has 1 heterocycles. The topological polar surface area (TPSA) is 29.9 Å². The monoisotopic (exact) mass is 307 g/mol. The Morgan fingerprint density at radius 2 is 2.17 bits per heavy atom. The Kier molecular flexibility index (Phi) is 4.19. The van der Waals surface area contributed by atoms with Crippen molar-refractivity contribution >= 4 is 15.9 Å². The third-order valence-corrected chi connectivity index (χ3v) is 3.60. The summed E-state index contributed by atoms with van der Waals surface area (Å²) in [4.78, 5) is 0. The molecule has 0 saturated heterocycles. The number of nitrogens with zero attached hydrogens (tertiary/aromatic N) is 2. The minimum absolute atomic E-state index is 0.190. The van der Waals surface area contributed by atoms with Gasteiger partial charge in [0.05, 0.1) is 11.7 Å². The van der Waals surface area contributed by atoms with Gasteiger partial charge in [-0.25, -0.2) is 0 Å². The highest BCUT2D eigenvalue weighted by Crippen LogP contribution is 2.26. The molecule has 0 aliphatic rings. The Hall–Kier alpha value is -1.13. The molecule has 1 aromatic heterocycles. The van der Waals surface area contributed by atoms with Crippen molar-refractivity contribution in [3.05, 3.63) is 51.8 Å². The lowest BCUT2D eigenvalue weighted by atomic mass is 9.98. The van der Waals surface area contributed by atoms with Crippen molar-refractivity contribution in [2.45, 2.75) is 19.9 Å². The molecule has 2 rings (SSSR count).